The minimum absolute atomic E-state index is 0.00601. The molecule has 4 nitrogen and oxygen atoms in total. The van der Waals surface area contributed by atoms with Gasteiger partial charge in [-0.2, -0.15) is 0 Å². The fraction of sp³-hybridized carbons (Fsp3) is 0.917. The molecule has 0 aromatic carbocycles. The number of carbonyl (C=O) groups is 1. The molecule has 16 heavy (non-hydrogen) atoms. The van der Waals surface area contributed by atoms with E-state index < -0.39 is 0 Å². The Balaban J connectivity index is 2.17. The van der Waals surface area contributed by atoms with E-state index in [4.69, 9.17) is 4.74 Å². The number of piperidine rings is 1. The Labute approximate surface area is 98.1 Å². The maximum atomic E-state index is 11.7. The Morgan fingerprint density at radius 1 is 1.44 bits per heavy atom. The minimum Gasteiger partial charge on any atom is -0.382 e. The van der Waals surface area contributed by atoms with E-state index in [-0.39, 0.29) is 11.4 Å². The molecule has 0 aromatic heterocycles. The van der Waals surface area contributed by atoms with Gasteiger partial charge < -0.3 is 15.4 Å². The Morgan fingerprint density at radius 3 is 2.75 bits per heavy atom. The summed E-state index contributed by atoms with van der Waals surface area (Å²) >= 11 is 0. The molecule has 0 spiro atoms. The Hall–Kier alpha value is -0.610. The molecule has 1 rings (SSSR count). The predicted molar refractivity (Wildman–Crippen MR) is 64.4 cm³/mol. The Bertz CT molecular complexity index is 213. The summed E-state index contributed by atoms with van der Waals surface area (Å²) in [6, 6.07) is 0. The standard InChI is InChI=1S/C12H24N2O2/c1-3-16-10-4-5-11(15)14-12(2)6-8-13-9-7-12/h13H,3-10H2,1-2H3,(H,14,15). The van der Waals surface area contributed by atoms with Crippen molar-refractivity contribution >= 4 is 5.91 Å². The van der Waals surface area contributed by atoms with Crippen molar-refractivity contribution in [3.05, 3.63) is 0 Å². The van der Waals surface area contributed by atoms with Gasteiger partial charge in [-0.15, -0.1) is 0 Å². The Morgan fingerprint density at radius 2 is 2.12 bits per heavy atom. The van der Waals surface area contributed by atoms with Gasteiger partial charge >= 0.3 is 0 Å². The molecule has 1 fully saturated rings. The van der Waals surface area contributed by atoms with Crippen LogP contribution in [0.15, 0.2) is 0 Å². The third kappa shape index (κ3) is 4.94. The highest BCUT2D eigenvalue weighted by molar-refractivity contribution is 5.76. The maximum absolute atomic E-state index is 11.7. The predicted octanol–water partition coefficient (Wildman–Crippen LogP) is 1.06. The zero-order chi connectivity index (χ0) is 11.9. The summed E-state index contributed by atoms with van der Waals surface area (Å²) in [6.07, 6.45) is 3.42. The van der Waals surface area contributed by atoms with Crippen LogP contribution in [0.25, 0.3) is 0 Å². The molecular weight excluding hydrogens is 204 g/mol. The molecule has 1 heterocycles. The van der Waals surface area contributed by atoms with Crippen molar-refractivity contribution in [3.8, 4) is 0 Å². The second-order valence-corrected chi connectivity index (χ2v) is 4.66. The molecule has 0 aliphatic carbocycles. The van der Waals surface area contributed by atoms with Crippen molar-refractivity contribution in [1.82, 2.24) is 10.6 Å². The normalized spacial score (nSPS) is 19.4. The third-order valence-electron chi connectivity index (χ3n) is 3.04. The average molecular weight is 228 g/mol. The molecule has 4 heteroatoms. The van der Waals surface area contributed by atoms with Gasteiger partial charge in [0.05, 0.1) is 0 Å². The number of nitrogens with one attached hydrogen (secondary N) is 2. The topological polar surface area (TPSA) is 50.4 Å². The number of amides is 1. The van der Waals surface area contributed by atoms with Crippen molar-refractivity contribution in [1.29, 1.82) is 0 Å². The quantitative estimate of drug-likeness (QED) is 0.668. The van der Waals surface area contributed by atoms with E-state index in [0.717, 1.165) is 39.0 Å². The van der Waals surface area contributed by atoms with Crippen molar-refractivity contribution in [2.45, 2.75) is 45.1 Å². The van der Waals surface area contributed by atoms with Gasteiger partial charge in [-0.3, -0.25) is 4.79 Å². The van der Waals surface area contributed by atoms with Crippen LogP contribution in [-0.2, 0) is 9.53 Å². The fourth-order valence-corrected chi connectivity index (χ4v) is 1.98. The molecule has 0 saturated carbocycles. The first-order valence-corrected chi connectivity index (χ1v) is 6.26. The number of rotatable bonds is 6. The molecule has 1 amide bonds. The molecular formula is C12H24N2O2. The summed E-state index contributed by atoms with van der Waals surface area (Å²) in [5.74, 6) is 0.157. The lowest BCUT2D eigenvalue weighted by molar-refractivity contribution is -0.123. The van der Waals surface area contributed by atoms with Crippen LogP contribution in [0.2, 0.25) is 0 Å². The second kappa shape index (κ2) is 6.86. The van der Waals surface area contributed by atoms with E-state index in [1.807, 2.05) is 6.92 Å². The van der Waals surface area contributed by atoms with Crippen LogP contribution in [0.5, 0.6) is 0 Å². The van der Waals surface area contributed by atoms with Crippen LogP contribution in [0.4, 0.5) is 0 Å². The van der Waals surface area contributed by atoms with E-state index in [1.165, 1.54) is 0 Å². The second-order valence-electron chi connectivity index (χ2n) is 4.66. The molecule has 0 atom stereocenters. The number of carbonyl (C=O) groups excluding carboxylic acids is 1. The van der Waals surface area contributed by atoms with Crippen LogP contribution in [0, 0.1) is 0 Å². The average Bonchev–Trinajstić information content (AvgIpc) is 2.25. The molecule has 0 aromatic rings. The molecule has 2 N–H and O–H groups in total. The van der Waals surface area contributed by atoms with Gasteiger partial charge in [0.2, 0.25) is 5.91 Å². The molecule has 1 aliphatic rings. The lowest BCUT2D eigenvalue weighted by Gasteiger charge is -2.35. The van der Waals surface area contributed by atoms with Gasteiger partial charge in [0.1, 0.15) is 0 Å². The lowest BCUT2D eigenvalue weighted by atomic mass is 9.90. The van der Waals surface area contributed by atoms with E-state index in [2.05, 4.69) is 17.6 Å². The molecule has 0 radical (unpaired) electrons. The van der Waals surface area contributed by atoms with Crippen LogP contribution >= 0.6 is 0 Å². The van der Waals surface area contributed by atoms with Gasteiger partial charge in [0, 0.05) is 25.2 Å². The molecule has 0 bridgehead atoms. The largest absolute Gasteiger partial charge is 0.382 e. The van der Waals surface area contributed by atoms with Crippen molar-refractivity contribution < 1.29 is 9.53 Å². The first-order valence-electron chi connectivity index (χ1n) is 6.26. The summed E-state index contributed by atoms with van der Waals surface area (Å²) in [5.41, 5.74) is -0.00601. The highest BCUT2D eigenvalue weighted by Crippen LogP contribution is 2.17. The summed E-state index contributed by atoms with van der Waals surface area (Å²) in [4.78, 5) is 11.7. The van der Waals surface area contributed by atoms with Gasteiger partial charge in [-0.05, 0) is 46.2 Å². The van der Waals surface area contributed by atoms with E-state index >= 15 is 0 Å². The van der Waals surface area contributed by atoms with E-state index in [0.29, 0.717) is 13.0 Å². The first kappa shape index (κ1) is 13.5. The van der Waals surface area contributed by atoms with Crippen LogP contribution in [0.3, 0.4) is 0 Å². The summed E-state index contributed by atoms with van der Waals surface area (Å²) < 4.78 is 5.21. The highest BCUT2D eigenvalue weighted by Gasteiger charge is 2.27. The summed E-state index contributed by atoms with van der Waals surface area (Å²) in [7, 11) is 0. The van der Waals surface area contributed by atoms with E-state index in [1.54, 1.807) is 0 Å². The monoisotopic (exact) mass is 228 g/mol. The minimum atomic E-state index is -0.00601. The van der Waals surface area contributed by atoms with Gasteiger partial charge in [0.25, 0.3) is 0 Å². The summed E-state index contributed by atoms with van der Waals surface area (Å²) in [6.45, 7) is 7.50. The third-order valence-corrected chi connectivity index (χ3v) is 3.04. The smallest absolute Gasteiger partial charge is 0.220 e. The lowest BCUT2D eigenvalue weighted by Crippen LogP contribution is -2.52. The molecule has 1 aliphatic heterocycles. The van der Waals surface area contributed by atoms with Gasteiger partial charge in [-0.25, -0.2) is 0 Å². The fourth-order valence-electron chi connectivity index (χ4n) is 1.98. The number of hydrogen-bond donors (Lipinski definition) is 2. The molecule has 94 valence electrons. The first-order chi connectivity index (χ1) is 7.66. The highest BCUT2D eigenvalue weighted by atomic mass is 16.5. The zero-order valence-electron chi connectivity index (χ0n) is 10.5. The number of hydrogen-bond acceptors (Lipinski definition) is 3. The number of ether oxygens (including phenoxy) is 1. The van der Waals surface area contributed by atoms with Gasteiger partial charge in [-0.1, -0.05) is 0 Å². The van der Waals surface area contributed by atoms with E-state index in [9.17, 15) is 4.79 Å². The molecule has 0 unspecified atom stereocenters. The van der Waals surface area contributed by atoms with Crippen molar-refractivity contribution in [3.63, 3.8) is 0 Å². The SMILES string of the molecule is CCOCCCC(=O)NC1(C)CCNCC1. The Kier molecular flexibility index (Phi) is 5.77. The zero-order valence-corrected chi connectivity index (χ0v) is 10.5. The van der Waals surface area contributed by atoms with Crippen molar-refractivity contribution in [2.24, 2.45) is 0 Å². The van der Waals surface area contributed by atoms with Crippen LogP contribution < -0.4 is 10.6 Å². The van der Waals surface area contributed by atoms with Crippen molar-refractivity contribution in [2.75, 3.05) is 26.3 Å². The van der Waals surface area contributed by atoms with Gasteiger partial charge in [0.15, 0.2) is 0 Å². The molecule has 1 saturated heterocycles. The van der Waals surface area contributed by atoms with Crippen LogP contribution in [0.1, 0.15) is 39.5 Å². The maximum Gasteiger partial charge on any atom is 0.220 e. The summed E-state index contributed by atoms with van der Waals surface area (Å²) in [5, 5.41) is 6.44. The van der Waals surface area contributed by atoms with Crippen LogP contribution in [-0.4, -0.2) is 37.7 Å².